The highest BCUT2D eigenvalue weighted by molar-refractivity contribution is 6.01. The number of nitrogens with zero attached hydrogens (tertiary/aromatic N) is 8. The van der Waals surface area contributed by atoms with Crippen LogP contribution in [0.3, 0.4) is 0 Å². The smallest absolute Gasteiger partial charge is 0.319 e. The van der Waals surface area contributed by atoms with Crippen molar-refractivity contribution in [3.05, 3.63) is 65.9 Å². The summed E-state index contributed by atoms with van der Waals surface area (Å²) >= 11 is 0. The van der Waals surface area contributed by atoms with Crippen molar-refractivity contribution >= 4 is 33.4 Å². The van der Waals surface area contributed by atoms with Crippen LogP contribution in [0.25, 0.3) is 32.9 Å². The molecule has 0 N–H and O–H groups in total. The van der Waals surface area contributed by atoms with E-state index in [1.165, 1.54) is 12.3 Å². The van der Waals surface area contributed by atoms with E-state index in [-0.39, 0.29) is 48.5 Å². The molecule has 1 unspecified atom stereocenters. The average Bonchev–Trinajstić information content (AvgIpc) is 3.75. The van der Waals surface area contributed by atoms with E-state index in [1.807, 2.05) is 24.0 Å². The van der Waals surface area contributed by atoms with Crippen molar-refractivity contribution in [1.82, 2.24) is 29.7 Å². The fraction of sp³-hybridized carbons (Fsp3) is 0.512. The largest absolute Gasteiger partial charge is 0.461 e. The van der Waals surface area contributed by atoms with Gasteiger partial charge in [0.15, 0.2) is 5.82 Å². The highest BCUT2D eigenvalue weighted by Crippen LogP contribution is 2.41. The quantitative estimate of drug-likeness (QED) is 0.162. The van der Waals surface area contributed by atoms with Gasteiger partial charge in [-0.3, -0.25) is 19.6 Å². The highest BCUT2D eigenvalue weighted by atomic mass is 19.1. The van der Waals surface area contributed by atoms with Crippen molar-refractivity contribution in [2.45, 2.75) is 76.2 Å². The lowest BCUT2D eigenvalue weighted by Crippen LogP contribution is -2.55. The molecule has 57 heavy (non-hydrogen) atoms. The van der Waals surface area contributed by atoms with Crippen LogP contribution in [0.5, 0.6) is 6.01 Å². The number of pyridine rings is 1. The number of benzene rings is 2. The van der Waals surface area contributed by atoms with E-state index in [0.717, 1.165) is 37.7 Å². The van der Waals surface area contributed by atoms with Crippen LogP contribution in [-0.2, 0) is 16.0 Å². The number of amides is 1. The average molecular weight is 783 g/mol. The molecule has 0 bridgehead atoms. The number of aromatic nitrogens is 3. The monoisotopic (exact) mass is 782 g/mol. The van der Waals surface area contributed by atoms with Crippen LogP contribution in [0.4, 0.5) is 19.0 Å². The molecule has 0 saturated carbocycles. The maximum Gasteiger partial charge on any atom is 0.319 e. The maximum atomic E-state index is 17.1. The molecule has 0 aliphatic carbocycles. The number of halogens is 3. The number of hydrogen-bond acceptors (Lipinski definition) is 10. The number of fused-ring (bicyclic) bond motifs is 3. The number of piperazine rings is 1. The van der Waals surface area contributed by atoms with Gasteiger partial charge in [-0.15, -0.1) is 0 Å². The van der Waals surface area contributed by atoms with Gasteiger partial charge < -0.3 is 19.3 Å². The summed E-state index contributed by atoms with van der Waals surface area (Å²) in [5.74, 6) is -0.885. The summed E-state index contributed by atoms with van der Waals surface area (Å²) in [6, 6.07) is 10.5. The molecule has 4 saturated heterocycles. The van der Waals surface area contributed by atoms with E-state index in [0.29, 0.717) is 86.0 Å². The summed E-state index contributed by atoms with van der Waals surface area (Å²) in [6.45, 7) is 8.96. The third-order valence-electron chi connectivity index (χ3n) is 12.4. The number of nitriles is 1. The molecule has 0 radical (unpaired) electrons. The van der Waals surface area contributed by atoms with E-state index in [1.54, 1.807) is 29.2 Å². The zero-order valence-corrected chi connectivity index (χ0v) is 32.6. The molecule has 6 heterocycles. The van der Waals surface area contributed by atoms with Crippen molar-refractivity contribution in [2.24, 2.45) is 0 Å². The molecule has 14 heteroatoms. The SMILES string of the molecule is CCc1c(F)ccc2cccc(-c3ncc4c(N5CCN(C(=O)/C=C/CN6CCOC[C@@H]6CC)[C@@H](CC#N)C5)nc(OCC56CCCN5C[C@H](F)C6)nc4c3F)c12. The van der Waals surface area contributed by atoms with E-state index < -0.39 is 23.6 Å². The Kier molecular flexibility index (Phi) is 11.3. The van der Waals surface area contributed by atoms with Crippen molar-refractivity contribution in [3.63, 3.8) is 0 Å². The van der Waals surface area contributed by atoms with Crippen molar-refractivity contribution in [1.29, 1.82) is 5.26 Å². The Hall–Kier alpha value is -4.84. The summed E-state index contributed by atoms with van der Waals surface area (Å²) in [5.41, 5.74) is 0.428. The van der Waals surface area contributed by atoms with Gasteiger partial charge in [0.1, 0.15) is 35.6 Å². The lowest BCUT2D eigenvalue weighted by molar-refractivity contribution is -0.128. The number of carbonyl (C=O) groups is 1. The topological polar surface area (TPSA) is 111 Å². The third-order valence-corrected chi connectivity index (χ3v) is 12.4. The molecule has 8 rings (SSSR count). The second kappa shape index (κ2) is 16.6. The summed E-state index contributed by atoms with van der Waals surface area (Å²) < 4.78 is 58.8. The number of aryl methyl sites for hydroxylation is 1. The Bertz CT molecular complexity index is 2220. The van der Waals surface area contributed by atoms with Gasteiger partial charge in [0.05, 0.1) is 42.7 Å². The standard InChI is InChI=1S/C43H49F3N8O3/c1-3-30-26-56-21-20-51(30)16-6-10-36(55)54-19-18-52(25-31(54)13-15-47)41-34-23-48-39(33-9-5-8-28-11-12-35(45)32(4-2)37(28)33)38(46)40(34)49-42(50-41)57-27-43-14-7-17-53(43)24-29(44)22-43/h5-6,8-12,23,29-31H,3-4,7,13-14,16-22,24-27H2,1-2H3/b10-6+/t29-,30+,31+,43?/m1/s1. The molecule has 4 aliphatic rings. The van der Waals surface area contributed by atoms with E-state index in [4.69, 9.17) is 14.5 Å². The van der Waals surface area contributed by atoms with Crippen LogP contribution in [0.1, 0.15) is 51.5 Å². The molecule has 11 nitrogen and oxygen atoms in total. The predicted molar refractivity (Wildman–Crippen MR) is 212 cm³/mol. The molecular formula is C43H49F3N8O3. The lowest BCUT2D eigenvalue weighted by atomic mass is 9.95. The fourth-order valence-electron chi connectivity index (χ4n) is 9.44. The van der Waals surface area contributed by atoms with E-state index in [2.05, 4.69) is 32.8 Å². The first-order chi connectivity index (χ1) is 27.7. The van der Waals surface area contributed by atoms with Crippen LogP contribution in [0.2, 0.25) is 0 Å². The first kappa shape index (κ1) is 39.0. The number of morpholine rings is 1. The summed E-state index contributed by atoms with van der Waals surface area (Å²) in [7, 11) is 0. The Morgan fingerprint density at radius 1 is 1.11 bits per heavy atom. The number of rotatable bonds is 11. The van der Waals surface area contributed by atoms with E-state index in [9.17, 15) is 14.4 Å². The molecule has 4 atom stereocenters. The number of anilines is 1. The van der Waals surface area contributed by atoms with Crippen LogP contribution in [0.15, 0.2) is 48.7 Å². The molecule has 300 valence electrons. The summed E-state index contributed by atoms with van der Waals surface area (Å²) in [5, 5.41) is 11.5. The van der Waals surface area contributed by atoms with Gasteiger partial charge in [0.2, 0.25) is 5.91 Å². The molecule has 4 aromatic rings. The molecule has 4 fully saturated rings. The zero-order valence-electron chi connectivity index (χ0n) is 32.6. The van der Waals surface area contributed by atoms with Gasteiger partial charge in [0.25, 0.3) is 0 Å². The number of carbonyl (C=O) groups excluding carboxylic acids is 1. The van der Waals surface area contributed by atoms with Gasteiger partial charge in [-0.2, -0.15) is 15.2 Å². The van der Waals surface area contributed by atoms with Gasteiger partial charge in [0, 0.05) is 69.6 Å². The minimum atomic E-state index is -0.954. The first-order valence-electron chi connectivity index (χ1n) is 20.2. The van der Waals surface area contributed by atoms with Gasteiger partial charge in [-0.25, -0.2) is 13.2 Å². The number of alkyl halides is 1. The minimum Gasteiger partial charge on any atom is -0.461 e. The van der Waals surface area contributed by atoms with E-state index >= 15 is 8.78 Å². The second-order valence-electron chi connectivity index (χ2n) is 15.7. The maximum absolute atomic E-state index is 17.1. The van der Waals surface area contributed by atoms with Crippen LogP contribution in [0, 0.1) is 23.0 Å². The highest BCUT2D eigenvalue weighted by Gasteiger charge is 2.49. The molecule has 4 aliphatic heterocycles. The Balaban J connectivity index is 1.13. The van der Waals surface area contributed by atoms with Crippen LogP contribution < -0.4 is 9.64 Å². The van der Waals surface area contributed by atoms with Crippen LogP contribution in [-0.4, -0.2) is 125 Å². The first-order valence-corrected chi connectivity index (χ1v) is 20.2. The number of hydrogen-bond donors (Lipinski definition) is 0. The zero-order chi connectivity index (χ0) is 39.7. The van der Waals surface area contributed by atoms with Gasteiger partial charge in [-0.05, 0) is 54.6 Å². The minimum absolute atomic E-state index is 0.0196. The predicted octanol–water partition coefficient (Wildman–Crippen LogP) is 6.24. The van der Waals surface area contributed by atoms with Crippen LogP contribution >= 0.6 is 0 Å². The van der Waals surface area contributed by atoms with Crippen molar-refractivity contribution in [2.75, 3.05) is 70.5 Å². The summed E-state index contributed by atoms with van der Waals surface area (Å²) in [4.78, 5) is 35.8. The third kappa shape index (κ3) is 7.53. The lowest BCUT2D eigenvalue weighted by Gasteiger charge is -2.41. The Morgan fingerprint density at radius 2 is 1.98 bits per heavy atom. The van der Waals surface area contributed by atoms with Crippen molar-refractivity contribution < 1.29 is 27.4 Å². The summed E-state index contributed by atoms with van der Waals surface area (Å²) in [6.07, 6.45) is 7.56. The second-order valence-corrected chi connectivity index (χ2v) is 15.7. The van der Waals surface area contributed by atoms with Gasteiger partial charge in [-0.1, -0.05) is 44.2 Å². The normalized spacial score (nSPS) is 24.5. The molecule has 2 aromatic heterocycles. The molecule has 0 spiro atoms. The molecule has 1 amide bonds. The van der Waals surface area contributed by atoms with Crippen molar-refractivity contribution in [3.8, 4) is 23.3 Å². The van der Waals surface area contributed by atoms with Gasteiger partial charge >= 0.3 is 6.01 Å². The molecular weight excluding hydrogens is 734 g/mol. The fourth-order valence-corrected chi connectivity index (χ4v) is 9.44. The number of ether oxygens (including phenoxy) is 2. The Morgan fingerprint density at radius 3 is 2.81 bits per heavy atom. The Labute approximate surface area is 331 Å². The molecule has 2 aromatic carbocycles.